The van der Waals surface area contributed by atoms with Crippen LogP contribution in [0.25, 0.3) is 0 Å². The first-order valence-electron chi connectivity index (χ1n) is 8.40. The summed E-state index contributed by atoms with van der Waals surface area (Å²) in [6.45, 7) is 5.30. The summed E-state index contributed by atoms with van der Waals surface area (Å²) in [4.78, 5) is 14.6. The second-order valence-electron chi connectivity index (χ2n) is 7.23. The molecule has 1 saturated heterocycles. The van der Waals surface area contributed by atoms with Crippen LogP contribution >= 0.6 is 23.7 Å². The minimum absolute atomic E-state index is 0. The van der Waals surface area contributed by atoms with E-state index in [4.69, 9.17) is 5.73 Å². The Kier molecular flexibility index (Phi) is 6.57. The van der Waals surface area contributed by atoms with Gasteiger partial charge in [0, 0.05) is 30.4 Å². The summed E-state index contributed by atoms with van der Waals surface area (Å²) in [6, 6.07) is 9.89. The van der Waals surface area contributed by atoms with Crippen molar-refractivity contribution in [3.05, 3.63) is 47.3 Å². The van der Waals surface area contributed by atoms with E-state index < -0.39 is 10.0 Å². The van der Waals surface area contributed by atoms with Crippen molar-refractivity contribution in [1.82, 2.24) is 4.90 Å². The van der Waals surface area contributed by atoms with Crippen molar-refractivity contribution in [3.8, 4) is 0 Å². The molecule has 1 atom stereocenters. The van der Waals surface area contributed by atoms with Gasteiger partial charge in [-0.3, -0.25) is 9.52 Å². The zero-order chi connectivity index (χ0) is 18.9. The molecule has 2 heterocycles. The van der Waals surface area contributed by atoms with Gasteiger partial charge in [-0.25, -0.2) is 8.42 Å². The zero-order valence-electron chi connectivity index (χ0n) is 15.2. The maximum atomic E-state index is 12.9. The Morgan fingerprint density at radius 1 is 1.30 bits per heavy atom. The molecule has 0 radical (unpaired) electrons. The largest absolute Gasteiger partial charge is 0.338 e. The summed E-state index contributed by atoms with van der Waals surface area (Å²) in [5, 5.41) is 1.71. The van der Waals surface area contributed by atoms with Crippen LogP contribution in [0.2, 0.25) is 0 Å². The van der Waals surface area contributed by atoms with Crippen molar-refractivity contribution in [2.45, 2.75) is 30.5 Å². The number of rotatable bonds is 4. The van der Waals surface area contributed by atoms with E-state index in [1.165, 1.54) is 0 Å². The number of benzene rings is 1. The number of halogens is 1. The topological polar surface area (TPSA) is 92.5 Å². The number of amides is 1. The normalized spacial score (nSPS) is 19.2. The predicted octanol–water partition coefficient (Wildman–Crippen LogP) is 3.17. The van der Waals surface area contributed by atoms with E-state index in [-0.39, 0.29) is 34.0 Å². The van der Waals surface area contributed by atoms with Crippen LogP contribution in [0.4, 0.5) is 5.69 Å². The second-order valence-corrected chi connectivity index (χ2v) is 10.1. The second kappa shape index (κ2) is 8.18. The van der Waals surface area contributed by atoms with Gasteiger partial charge in [-0.05, 0) is 41.5 Å². The van der Waals surface area contributed by atoms with Gasteiger partial charge in [0.05, 0.1) is 0 Å². The Labute approximate surface area is 170 Å². The lowest BCUT2D eigenvalue weighted by molar-refractivity contribution is 0.0533. The third-order valence-corrected chi connectivity index (χ3v) is 7.50. The van der Waals surface area contributed by atoms with Crippen LogP contribution in [-0.4, -0.2) is 38.4 Å². The lowest BCUT2D eigenvalue weighted by atomic mass is 9.79. The summed E-state index contributed by atoms with van der Waals surface area (Å²) in [5.41, 5.74) is 6.83. The number of carbonyl (C=O) groups excluding carboxylic acids is 1. The molecule has 3 rings (SSSR count). The minimum Gasteiger partial charge on any atom is -0.338 e. The van der Waals surface area contributed by atoms with Gasteiger partial charge in [0.15, 0.2) is 0 Å². The Morgan fingerprint density at radius 2 is 2.04 bits per heavy atom. The fourth-order valence-corrected chi connectivity index (χ4v) is 5.11. The van der Waals surface area contributed by atoms with Gasteiger partial charge in [-0.15, -0.1) is 23.7 Å². The number of hydrogen-bond donors (Lipinski definition) is 2. The van der Waals surface area contributed by atoms with Crippen molar-refractivity contribution in [3.63, 3.8) is 0 Å². The smallest absolute Gasteiger partial charge is 0.271 e. The van der Waals surface area contributed by atoms with Crippen LogP contribution in [0.3, 0.4) is 0 Å². The molecular weight excluding hydrogens is 406 g/mol. The number of anilines is 1. The Hall–Kier alpha value is -1.61. The van der Waals surface area contributed by atoms with E-state index in [1.807, 2.05) is 0 Å². The van der Waals surface area contributed by atoms with Crippen molar-refractivity contribution in [2.24, 2.45) is 11.1 Å². The molecular formula is C18H24ClN3O3S2. The molecule has 0 saturated carbocycles. The summed E-state index contributed by atoms with van der Waals surface area (Å²) >= 11 is 1.14. The summed E-state index contributed by atoms with van der Waals surface area (Å²) in [5.74, 6) is -0.109. The summed E-state index contributed by atoms with van der Waals surface area (Å²) < 4.78 is 27.5. The van der Waals surface area contributed by atoms with Gasteiger partial charge in [0.1, 0.15) is 4.21 Å². The first-order chi connectivity index (χ1) is 12.2. The molecule has 148 valence electrons. The highest BCUT2D eigenvalue weighted by Gasteiger charge is 2.35. The molecule has 1 fully saturated rings. The summed E-state index contributed by atoms with van der Waals surface area (Å²) in [6.07, 6.45) is 0.753. The van der Waals surface area contributed by atoms with Crippen molar-refractivity contribution in [2.75, 3.05) is 17.8 Å². The molecule has 3 N–H and O–H groups in total. The van der Waals surface area contributed by atoms with Crippen LogP contribution < -0.4 is 10.5 Å². The van der Waals surface area contributed by atoms with E-state index >= 15 is 0 Å². The number of likely N-dealkylation sites (tertiary alicyclic amines) is 1. The third-order valence-electron chi connectivity index (χ3n) is 4.72. The Bertz CT molecular complexity index is 898. The minimum atomic E-state index is -3.64. The van der Waals surface area contributed by atoms with Gasteiger partial charge in [-0.1, -0.05) is 26.0 Å². The maximum absolute atomic E-state index is 12.9. The number of thiophene rings is 1. The first-order valence-corrected chi connectivity index (χ1v) is 10.8. The molecule has 6 nitrogen and oxygen atoms in total. The highest BCUT2D eigenvalue weighted by atomic mass is 35.5. The van der Waals surface area contributed by atoms with Gasteiger partial charge >= 0.3 is 0 Å². The maximum Gasteiger partial charge on any atom is 0.271 e. The molecule has 27 heavy (non-hydrogen) atoms. The zero-order valence-corrected chi connectivity index (χ0v) is 17.7. The van der Waals surface area contributed by atoms with E-state index in [1.54, 1.807) is 46.7 Å². The molecule has 2 aromatic rings. The molecule has 9 heteroatoms. The molecule has 1 amide bonds. The van der Waals surface area contributed by atoms with Crippen molar-refractivity contribution < 1.29 is 13.2 Å². The van der Waals surface area contributed by atoms with Gasteiger partial charge in [0.2, 0.25) is 0 Å². The molecule has 1 aliphatic rings. The van der Waals surface area contributed by atoms with Crippen LogP contribution in [0.1, 0.15) is 30.6 Å². The number of nitrogens with two attached hydrogens (primary N) is 1. The number of carbonyl (C=O) groups is 1. The lowest BCUT2D eigenvalue weighted by Gasteiger charge is -2.42. The fraction of sp³-hybridized carbons (Fsp3) is 0.389. The van der Waals surface area contributed by atoms with E-state index in [9.17, 15) is 13.2 Å². The SMILES string of the molecule is CC1(C)CN(C(=O)c2cccc(NS(=O)(=O)c3cccs3)c2)CCC1N.Cl. The van der Waals surface area contributed by atoms with Crippen LogP contribution in [0.5, 0.6) is 0 Å². The Balaban J connectivity index is 0.00000261. The quantitative estimate of drug-likeness (QED) is 0.780. The van der Waals surface area contributed by atoms with E-state index in [0.29, 0.717) is 24.3 Å². The van der Waals surface area contributed by atoms with Gasteiger partial charge in [0.25, 0.3) is 15.9 Å². The van der Waals surface area contributed by atoms with E-state index in [2.05, 4.69) is 18.6 Å². The predicted molar refractivity (Wildman–Crippen MR) is 111 cm³/mol. The number of nitrogens with one attached hydrogen (secondary N) is 1. The average molecular weight is 430 g/mol. The number of sulfonamides is 1. The Morgan fingerprint density at radius 3 is 2.67 bits per heavy atom. The van der Waals surface area contributed by atoms with Crippen LogP contribution in [0.15, 0.2) is 46.0 Å². The van der Waals surface area contributed by atoms with Crippen LogP contribution in [0, 0.1) is 5.41 Å². The third kappa shape index (κ3) is 4.82. The van der Waals surface area contributed by atoms with Crippen LogP contribution in [-0.2, 0) is 10.0 Å². The highest BCUT2D eigenvalue weighted by molar-refractivity contribution is 7.94. The molecule has 0 aliphatic carbocycles. The monoisotopic (exact) mass is 429 g/mol. The number of piperidine rings is 1. The number of nitrogens with zero attached hydrogens (tertiary/aromatic N) is 1. The lowest BCUT2D eigenvalue weighted by Crippen LogP contribution is -2.54. The first kappa shape index (κ1) is 21.7. The van der Waals surface area contributed by atoms with Gasteiger partial charge < -0.3 is 10.6 Å². The molecule has 0 bridgehead atoms. The molecule has 1 unspecified atom stereocenters. The fourth-order valence-electron chi connectivity index (χ4n) is 3.07. The van der Waals surface area contributed by atoms with Crippen molar-refractivity contribution >= 4 is 45.4 Å². The average Bonchev–Trinajstić information content (AvgIpc) is 3.12. The molecule has 1 aromatic carbocycles. The van der Waals surface area contributed by atoms with E-state index in [0.717, 1.165) is 17.8 Å². The van der Waals surface area contributed by atoms with Crippen molar-refractivity contribution in [1.29, 1.82) is 0 Å². The molecule has 1 aliphatic heterocycles. The standard InChI is InChI=1S/C18H23N3O3S2.ClH/c1-18(2)12-21(9-8-15(18)19)17(22)13-5-3-6-14(11-13)20-26(23,24)16-7-4-10-25-16;/h3-7,10-11,15,20H,8-9,12,19H2,1-2H3;1H. The van der Waals surface area contributed by atoms with Gasteiger partial charge in [-0.2, -0.15) is 0 Å². The number of hydrogen-bond acceptors (Lipinski definition) is 5. The molecule has 0 spiro atoms. The summed E-state index contributed by atoms with van der Waals surface area (Å²) in [7, 11) is -3.64. The highest BCUT2D eigenvalue weighted by Crippen LogP contribution is 2.29. The molecule has 1 aromatic heterocycles.